The molecule has 4 aromatic heterocycles. The molecule has 0 unspecified atom stereocenters. The molecule has 0 spiro atoms. The van der Waals surface area contributed by atoms with Crippen LogP contribution in [-0.4, -0.2) is 29.1 Å². The number of hydrogen-bond donors (Lipinski definition) is 0. The monoisotopic (exact) mass is 404 g/mol. The van der Waals surface area contributed by atoms with Gasteiger partial charge in [-0.05, 0) is 59.6 Å². The maximum atomic E-state index is 5.10. The molecule has 158 valence electrons. The lowest BCUT2D eigenvalue weighted by molar-refractivity contribution is 0.482. The molecular weight excluding hydrogens is 372 g/mol. The molecule has 0 aliphatic rings. The first-order chi connectivity index (χ1) is 14.1. The van der Waals surface area contributed by atoms with Crippen molar-refractivity contribution in [2.24, 2.45) is 0 Å². The largest absolute Gasteiger partial charge is 0.327 e. The topological polar surface area (TPSA) is 61.4 Å². The quantitative estimate of drug-likeness (QED) is 0.422. The summed E-state index contributed by atoms with van der Waals surface area (Å²) < 4.78 is 4.63. The highest BCUT2D eigenvalue weighted by molar-refractivity contribution is 5.78. The van der Waals surface area contributed by atoms with Crippen LogP contribution in [0, 0.1) is 0 Å². The summed E-state index contributed by atoms with van der Waals surface area (Å²) in [4.78, 5) is 19.1. The van der Waals surface area contributed by atoms with Gasteiger partial charge in [0.2, 0.25) is 0 Å². The van der Waals surface area contributed by atoms with E-state index >= 15 is 0 Å². The number of pyridine rings is 1. The van der Waals surface area contributed by atoms with Gasteiger partial charge in [0.15, 0.2) is 0 Å². The van der Waals surface area contributed by atoms with Crippen molar-refractivity contribution in [1.82, 2.24) is 29.1 Å². The third-order valence-electron chi connectivity index (χ3n) is 5.84. The van der Waals surface area contributed by atoms with Gasteiger partial charge in [-0.25, -0.2) is 15.0 Å². The van der Waals surface area contributed by atoms with Crippen LogP contribution in [-0.2, 0) is 5.41 Å². The fraction of sp³-hybridized carbons (Fsp3) is 0.500. The van der Waals surface area contributed by atoms with Crippen LogP contribution in [0.25, 0.3) is 22.1 Å². The molecule has 0 bridgehead atoms. The zero-order valence-electron chi connectivity index (χ0n) is 19.3. The molecule has 4 rings (SSSR count). The molecule has 0 aromatic carbocycles. The number of fused-ring (bicyclic) bond motifs is 2. The first kappa shape index (κ1) is 20.5. The Morgan fingerprint density at radius 2 is 1.60 bits per heavy atom. The van der Waals surface area contributed by atoms with E-state index in [9.17, 15) is 0 Å². The number of imidazole rings is 1. The summed E-state index contributed by atoms with van der Waals surface area (Å²) in [5.74, 6) is 2.18. The van der Waals surface area contributed by atoms with Crippen LogP contribution in [0.3, 0.4) is 0 Å². The molecule has 6 heteroatoms. The highest BCUT2D eigenvalue weighted by atomic mass is 15.1. The van der Waals surface area contributed by atoms with Crippen LogP contribution >= 0.6 is 0 Å². The van der Waals surface area contributed by atoms with Crippen molar-refractivity contribution in [2.75, 3.05) is 0 Å². The minimum Gasteiger partial charge on any atom is -0.327 e. The summed E-state index contributed by atoms with van der Waals surface area (Å²) in [7, 11) is 0. The Morgan fingerprint density at radius 1 is 0.900 bits per heavy atom. The Balaban J connectivity index is 1.95. The standard InChI is InChI=1S/C24H32N6/c1-14(2)20-11-17-12-26-22(28-21(17)29(20)15(3)4)24(7,8)23-27-18-13-25-10-9-19(18)30(23)16(5)6/h9-16H,1-8H3. The molecule has 0 aliphatic carbocycles. The molecule has 0 saturated heterocycles. The summed E-state index contributed by atoms with van der Waals surface area (Å²) in [6.07, 6.45) is 5.62. The number of aromatic nitrogens is 6. The smallest absolute Gasteiger partial charge is 0.144 e. The van der Waals surface area contributed by atoms with Gasteiger partial charge in [-0.3, -0.25) is 4.98 Å². The Morgan fingerprint density at radius 3 is 2.23 bits per heavy atom. The third-order valence-corrected chi connectivity index (χ3v) is 5.84. The maximum absolute atomic E-state index is 5.10. The first-order valence-corrected chi connectivity index (χ1v) is 10.8. The summed E-state index contributed by atoms with van der Waals surface area (Å²) in [6, 6.07) is 4.86. The van der Waals surface area contributed by atoms with Crippen molar-refractivity contribution >= 4 is 22.1 Å². The van der Waals surface area contributed by atoms with Crippen molar-refractivity contribution in [3.8, 4) is 0 Å². The van der Waals surface area contributed by atoms with E-state index in [0.717, 1.165) is 33.7 Å². The maximum Gasteiger partial charge on any atom is 0.144 e. The molecule has 4 aromatic rings. The average molecular weight is 405 g/mol. The van der Waals surface area contributed by atoms with Gasteiger partial charge >= 0.3 is 0 Å². The summed E-state index contributed by atoms with van der Waals surface area (Å²) in [5.41, 5.74) is 3.84. The van der Waals surface area contributed by atoms with E-state index in [1.165, 1.54) is 5.69 Å². The second-order valence-electron chi connectivity index (χ2n) is 9.55. The fourth-order valence-electron chi connectivity index (χ4n) is 4.33. The molecular formula is C24H32N6. The van der Waals surface area contributed by atoms with Gasteiger partial charge in [-0.2, -0.15) is 0 Å². The second kappa shape index (κ2) is 7.18. The SMILES string of the molecule is CC(C)c1cc2cnc(C(C)(C)c3nc4cnccc4n3C(C)C)nc2n1C(C)C. The van der Waals surface area contributed by atoms with Crippen LogP contribution in [0.15, 0.2) is 30.7 Å². The molecule has 0 saturated carbocycles. The predicted molar refractivity (Wildman–Crippen MR) is 122 cm³/mol. The molecule has 30 heavy (non-hydrogen) atoms. The Hall–Kier alpha value is -2.76. The molecule has 0 radical (unpaired) electrons. The van der Waals surface area contributed by atoms with Crippen LogP contribution < -0.4 is 0 Å². The highest BCUT2D eigenvalue weighted by Crippen LogP contribution is 2.35. The van der Waals surface area contributed by atoms with Crippen LogP contribution in [0.4, 0.5) is 0 Å². The van der Waals surface area contributed by atoms with Crippen molar-refractivity contribution in [1.29, 1.82) is 0 Å². The van der Waals surface area contributed by atoms with Crippen LogP contribution in [0.5, 0.6) is 0 Å². The Kier molecular flexibility index (Phi) is 4.91. The molecule has 0 atom stereocenters. The van der Waals surface area contributed by atoms with Crippen LogP contribution in [0.2, 0.25) is 0 Å². The predicted octanol–water partition coefficient (Wildman–Crippen LogP) is 5.79. The first-order valence-electron chi connectivity index (χ1n) is 10.8. The molecule has 0 N–H and O–H groups in total. The minimum absolute atomic E-state index is 0.266. The van der Waals surface area contributed by atoms with Gasteiger partial charge in [0, 0.05) is 35.6 Å². The van der Waals surface area contributed by atoms with Gasteiger partial charge in [0.25, 0.3) is 0 Å². The van der Waals surface area contributed by atoms with E-state index in [2.05, 4.69) is 75.6 Å². The minimum atomic E-state index is -0.457. The van der Waals surface area contributed by atoms with Gasteiger partial charge in [0.1, 0.15) is 22.8 Å². The molecule has 0 amide bonds. The van der Waals surface area contributed by atoms with Crippen molar-refractivity contribution in [2.45, 2.75) is 78.8 Å². The van der Waals surface area contributed by atoms with E-state index in [0.29, 0.717) is 12.0 Å². The molecule has 0 fully saturated rings. The lowest BCUT2D eigenvalue weighted by Gasteiger charge is -2.26. The number of rotatable bonds is 5. The lowest BCUT2D eigenvalue weighted by atomic mass is 9.90. The third kappa shape index (κ3) is 3.09. The van der Waals surface area contributed by atoms with E-state index in [-0.39, 0.29) is 6.04 Å². The average Bonchev–Trinajstić information content (AvgIpc) is 3.26. The summed E-state index contributed by atoms with van der Waals surface area (Å²) in [5, 5.41) is 1.09. The van der Waals surface area contributed by atoms with E-state index in [4.69, 9.17) is 15.0 Å². The summed E-state index contributed by atoms with van der Waals surface area (Å²) >= 11 is 0. The van der Waals surface area contributed by atoms with Crippen molar-refractivity contribution in [3.63, 3.8) is 0 Å². The number of nitrogens with zero attached hydrogens (tertiary/aromatic N) is 6. The zero-order chi connectivity index (χ0) is 21.8. The summed E-state index contributed by atoms with van der Waals surface area (Å²) in [6.45, 7) is 17.6. The van der Waals surface area contributed by atoms with Gasteiger partial charge in [0.05, 0.1) is 17.1 Å². The molecule has 6 nitrogen and oxygen atoms in total. The van der Waals surface area contributed by atoms with E-state index < -0.39 is 5.41 Å². The zero-order valence-corrected chi connectivity index (χ0v) is 19.3. The van der Waals surface area contributed by atoms with Crippen LogP contribution in [0.1, 0.15) is 90.7 Å². The number of hydrogen-bond acceptors (Lipinski definition) is 4. The molecule has 4 heterocycles. The Labute approximate surface area is 178 Å². The van der Waals surface area contributed by atoms with E-state index in [1.54, 1.807) is 0 Å². The second-order valence-corrected chi connectivity index (χ2v) is 9.55. The Bertz CT molecular complexity index is 1210. The highest BCUT2D eigenvalue weighted by Gasteiger charge is 2.34. The van der Waals surface area contributed by atoms with Gasteiger partial charge in [-0.1, -0.05) is 13.8 Å². The van der Waals surface area contributed by atoms with Gasteiger partial charge in [-0.15, -0.1) is 0 Å². The normalized spacial score (nSPS) is 12.9. The van der Waals surface area contributed by atoms with Crippen molar-refractivity contribution < 1.29 is 0 Å². The lowest BCUT2D eigenvalue weighted by Crippen LogP contribution is -2.28. The fourth-order valence-corrected chi connectivity index (χ4v) is 4.33. The van der Waals surface area contributed by atoms with Gasteiger partial charge < -0.3 is 9.13 Å². The van der Waals surface area contributed by atoms with Crippen molar-refractivity contribution in [3.05, 3.63) is 48.1 Å². The van der Waals surface area contributed by atoms with E-state index in [1.807, 2.05) is 24.7 Å². The molecule has 0 aliphatic heterocycles.